The zero-order valence-electron chi connectivity index (χ0n) is 15.2. The first-order valence-electron chi connectivity index (χ1n) is 7.54. The van der Waals surface area contributed by atoms with Gasteiger partial charge in [-0.1, -0.05) is 6.07 Å². The van der Waals surface area contributed by atoms with Crippen molar-refractivity contribution in [3.8, 4) is 0 Å². The molecule has 0 aliphatic carbocycles. The van der Waals surface area contributed by atoms with Crippen molar-refractivity contribution in [2.75, 3.05) is 0 Å². The van der Waals surface area contributed by atoms with Gasteiger partial charge in [-0.05, 0) is 30.3 Å². The molecule has 0 unspecified atom stereocenters. The van der Waals surface area contributed by atoms with Gasteiger partial charge in [-0.15, -0.1) is 0 Å². The summed E-state index contributed by atoms with van der Waals surface area (Å²) in [6.07, 6.45) is -10.00. The number of hydrogen-bond donors (Lipinski definition) is 0. The number of carbonyl (C=O) groups is 1. The quantitative estimate of drug-likeness (QED) is 0.498. The van der Waals surface area contributed by atoms with Crippen LogP contribution in [0, 0.1) is 11.6 Å². The molecule has 0 fully saturated rings. The van der Waals surface area contributed by atoms with Gasteiger partial charge >= 0.3 is 41.9 Å². The van der Waals surface area contributed by atoms with E-state index >= 15 is 0 Å². The van der Waals surface area contributed by atoms with Gasteiger partial charge in [0.05, 0.1) is 17.0 Å². The fraction of sp³-hybridized carbons (Fsp3) is 0.118. The van der Waals surface area contributed by atoms with Crippen molar-refractivity contribution in [3.05, 3.63) is 80.4 Å². The molecule has 0 saturated heterocycles. The van der Waals surface area contributed by atoms with E-state index in [9.17, 15) is 48.3 Å². The van der Waals surface area contributed by atoms with E-state index in [0.717, 1.165) is 12.1 Å². The molecule has 0 bridgehead atoms. The number of rotatable bonds is 4. The molecule has 0 aliphatic rings. The van der Waals surface area contributed by atoms with Crippen molar-refractivity contribution < 1.29 is 77.9 Å². The van der Waals surface area contributed by atoms with E-state index in [2.05, 4.69) is 4.72 Å². The first kappa shape index (κ1) is 27.1. The largest absolute Gasteiger partial charge is 1.00 e. The summed E-state index contributed by atoms with van der Waals surface area (Å²) >= 11 is 0. The maximum Gasteiger partial charge on any atom is 1.00 e. The normalized spacial score (nSPS) is 12.5. The summed E-state index contributed by atoms with van der Waals surface area (Å²) in [5.41, 5.74) is -5.61. The summed E-state index contributed by atoms with van der Waals surface area (Å²) in [7, 11) is -4.91. The molecule has 0 atom stereocenters. The average molecular weight is 481 g/mol. The maximum atomic E-state index is 13.5. The van der Waals surface area contributed by atoms with E-state index in [1.54, 1.807) is 0 Å². The second-order valence-electron chi connectivity index (χ2n) is 5.64. The number of carbonyl (C=O) groups excluding carboxylic acids is 1. The standard InChI is InChI=1S/C17H9F8NO3S.Na/c18-11-3-1-9(14(19)8-11)5-6-30(28,29)26-15(27)12-4-2-10(16(20,21)22)7-13(12)17(23,24)25;/h1-8H,(H,26,27);/q;+1/p-1/b6-5+;. The molecule has 0 aromatic heterocycles. The molecule has 2 aromatic rings. The van der Waals surface area contributed by atoms with Crippen LogP contribution in [0.1, 0.15) is 27.0 Å². The zero-order chi connectivity index (χ0) is 22.9. The molecule has 0 radical (unpaired) electrons. The number of sulfonamides is 1. The monoisotopic (exact) mass is 481 g/mol. The van der Waals surface area contributed by atoms with Gasteiger partial charge in [0.15, 0.2) is 0 Å². The number of nitrogens with zero attached hydrogens (tertiary/aromatic N) is 1. The van der Waals surface area contributed by atoms with Gasteiger partial charge in [-0.25, -0.2) is 17.2 Å². The number of hydrogen-bond acceptors (Lipinski definition) is 3. The maximum absolute atomic E-state index is 13.5. The van der Waals surface area contributed by atoms with Crippen molar-refractivity contribution in [1.82, 2.24) is 0 Å². The van der Waals surface area contributed by atoms with Gasteiger partial charge in [0.2, 0.25) is 0 Å². The fourth-order valence-corrected chi connectivity index (χ4v) is 2.84. The molecular formula is C17H8F8NNaO3S. The summed E-state index contributed by atoms with van der Waals surface area (Å²) in [6, 6.07) is 2.02. The molecule has 14 heteroatoms. The van der Waals surface area contributed by atoms with Crippen LogP contribution in [0.4, 0.5) is 35.1 Å². The minimum Gasteiger partial charge on any atom is -0.538 e. The van der Waals surface area contributed by atoms with Gasteiger partial charge in [-0.2, -0.15) is 26.3 Å². The van der Waals surface area contributed by atoms with Crippen LogP contribution in [0.5, 0.6) is 0 Å². The number of alkyl halides is 6. The Bertz CT molecular complexity index is 1110. The van der Waals surface area contributed by atoms with E-state index in [1.807, 2.05) is 0 Å². The Morgan fingerprint density at radius 2 is 1.52 bits per heavy atom. The van der Waals surface area contributed by atoms with Crippen molar-refractivity contribution in [1.29, 1.82) is 0 Å². The minimum atomic E-state index is -5.42. The summed E-state index contributed by atoms with van der Waals surface area (Å²) in [5, 5.41) is 0.165. The molecule has 0 saturated carbocycles. The smallest absolute Gasteiger partial charge is 0.538 e. The minimum absolute atomic E-state index is 0. The van der Waals surface area contributed by atoms with Crippen LogP contribution >= 0.6 is 0 Å². The number of halogens is 8. The predicted octanol–water partition coefficient (Wildman–Crippen LogP) is 2.52. The fourth-order valence-electron chi connectivity index (χ4n) is 2.13. The first-order chi connectivity index (χ1) is 13.6. The van der Waals surface area contributed by atoms with Crippen LogP contribution in [0.3, 0.4) is 0 Å². The third kappa shape index (κ3) is 7.30. The van der Waals surface area contributed by atoms with E-state index in [-0.39, 0.29) is 53.2 Å². The Morgan fingerprint density at radius 3 is 2.03 bits per heavy atom. The van der Waals surface area contributed by atoms with Gasteiger partial charge < -0.3 is 9.52 Å². The van der Waals surface area contributed by atoms with Crippen molar-refractivity contribution in [2.24, 2.45) is 0 Å². The molecule has 2 rings (SSSR count). The van der Waals surface area contributed by atoms with Crippen molar-refractivity contribution in [2.45, 2.75) is 12.4 Å². The molecular weight excluding hydrogens is 473 g/mol. The molecule has 2 aromatic carbocycles. The summed E-state index contributed by atoms with van der Waals surface area (Å²) in [4.78, 5) is 11.9. The third-order valence-corrected chi connectivity index (χ3v) is 4.38. The Hall–Kier alpha value is -1.96. The zero-order valence-corrected chi connectivity index (χ0v) is 18.0. The summed E-state index contributed by atoms with van der Waals surface area (Å²) < 4.78 is 130. The van der Waals surface area contributed by atoms with Crippen LogP contribution in [-0.4, -0.2) is 14.3 Å². The average Bonchev–Trinajstić information content (AvgIpc) is 2.58. The molecule has 0 N–H and O–H groups in total. The van der Waals surface area contributed by atoms with Crippen molar-refractivity contribution in [3.63, 3.8) is 0 Å². The van der Waals surface area contributed by atoms with Gasteiger partial charge in [0.25, 0.3) is 0 Å². The van der Waals surface area contributed by atoms with Gasteiger partial charge in [0.1, 0.15) is 21.7 Å². The first-order valence-corrected chi connectivity index (χ1v) is 9.04. The molecule has 0 aliphatic heterocycles. The molecule has 4 nitrogen and oxygen atoms in total. The predicted molar refractivity (Wildman–Crippen MR) is 88.4 cm³/mol. The van der Waals surface area contributed by atoms with E-state index in [4.69, 9.17) is 0 Å². The second kappa shape index (κ2) is 9.67. The van der Waals surface area contributed by atoms with Crippen LogP contribution in [0.25, 0.3) is 10.8 Å². The molecule has 162 valence electrons. The Kier molecular flexibility index (Phi) is 8.45. The second-order valence-corrected chi connectivity index (χ2v) is 7.12. The molecule has 1 amide bonds. The molecule has 0 spiro atoms. The summed E-state index contributed by atoms with van der Waals surface area (Å²) in [6.45, 7) is 0. The van der Waals surface area contributed by atoms with E-state index in [1.165, 1.54) is 0 Å². The summed E-state index contributed by atoms with van der Waals surface area (Å²) in [5.74, 6) is -4.12. The third-order valence-electron chi connectivity index (χ3n) is 3.47. The Balaban J connectivity index is 0.00000480. The SMILES string of the molecule is O=C([N-]S(=O)(=O)/C=C/c1ccc(F)cc1F)c1ccc(C(F)(F)F)cc1C(F)(F)F.[Na+]. The molecule has 31 heavy (non-hydrogen) atoms. The van der Waals surface area contributed by atoms with E-state index < -0.39 is 62.2 Å². The topological polar surface area (TPSA) is 65.3 Å². The number of benzene rings is 2. The van der Waals surface area contributed by atoms with Crippen LogP contribution < -0.4 is 29.6 Å². The Morgan fingerprint density at radius 1 is 0.903 bits per heavy atom. The molecule has 0 heterocycles. The van der Waals surface area contributed by atoms with Gasteiger partial charge in [0, 0.05) is 22.6 Å². The van der Waals surface area contributed by atoms with E-state index in [0.29, 0.717) is 12.1 Å². The van der Waals surface area contributed by atoms with Crippen LogP contribution in [0.15, 0.2) is 41.8 Å². The Labute approximate surface area is 192 Å². The van der Waals surface area contributed by atoms with Crippen molar-refractivity contribution >= 4 is 22.0 Å². The number of amides is 1. The van der Waals surface area contributed by atoms with Crippen LogP contribution in [0.2, 0.25) is 0 Å². The van der Waals surface area contributed by atoms with Crippen LogP contribution in [-0.2, 0) is 22.4 Å². The van der Waals surface area contributed by atoms with Gasteiger partial charge in [-0.3, -0.25) is 0 Å².